The Hall–Kier alpha value is -3.30. The van der Waals surface area contributed by atoms with Gasteiger partial charge in [-0.05, 0) is 139 Å². The zero-order chi connectivity index (χ0) is 30.1. The summed E-state index contributed by atoms with van der Waals surface area (Å²) >= 11 is 0. The first-order valence-electron chi connectivity index (χ1n) is 15.5. The summed E-state index contributed by atoms with van der Waals surface area (Å²) in [7, 11) is 0. The predicted molar refractivity (Wildman–Crippen MR) is 178 cm³/mol. The molecule has 0 heteroatoms. The van der Waals surface area contributed by atoms with Crippen LogP contribution in [-0.4, -0.2) is 0 Å². The summed E-state index contributed by atoms with van der Waals surface area (Å²) in [6, 6.07) is 11.0. The second-order valence-electron chi connectivity index (χ2n) is 13.9. The van der Waals surface area contributed by atoms with E-state index in [-0.39, 0.29) is 16.2 Å². The summed E-state index contributed by atoms with van der Waals surface area (Å²) in [4.78, 5) is 0. The predicted octanol–water partition coefficient (Wildman–Crippen LogP) is 10.7. The molecule has 0 unspecified atom stereocenters. The first-order valence-corrected chi connectivity index (χ1v) is 15.5. The maximum Gasteiger partial charge on any atom is 0.0287 e. The lowest BCUT2D eigenvalue weighted by atomic mass is 9.41. The number of benzene rings is 2. The second kappa shape index (κ2) is 9.91. The van der Waals surface area contributed by atoms with Gasteiger partial charge in [-0.15, -0.1) is 0 Å². The van der Waals surface area contributed by atoms with E-state index in [0.717, 1.165) is 48.8 Å². The van der Waals surface area contributed by atoms with Crippen molar-refractivity contribution in [2.75, 3.05) is 0 Å². The maximum absolute atomic E-state index is 4.87. The van der Waals surface area contributed by atoms with E-state index in [9.17, 15) is 0 Å². The number of aryl methyl sites for hydroxylation is 2. The lowest BCUT2D eigenvalue weighted by Gasteiger charge is -2.62. The highest BCUT2D eigenvalue weighted by atomic mass is 14.6. The summed E-state index contributed by atoms with van der Waals surface area (Å²) in [5.41, 5.74) is 18.2. The zero-order valence-electron chi connectivity index (χ0n) is 27.0. The SMILES string of the molecule is C=C(C)C1=C(C)C[C@@]2(C)C[C@@]3(C)Cc4c(CC)cc(C#Cc5ccc(CC)cc5)c(C)c4C(=C)C3=C(C)[C@@]2(C)C1=C. The van der Waals surface area contributed by atoms with Crippen LogP contribution >= 0.6 is 0 Å². The topological polar surface area (TPSA) is 0 Å². The fourth-order valence-corrected chi connectivity index (χ4v) is 9.08. The van der Waals surface area contributed by atoms with Gasteiger partial charge in [-0.3, -0.25) is 0 Å². The van der Waals surface area contributed by atoms with E-state index in [2.05, 4.69) is 111 Å². The average Bonchev–Trinajstić information content (AvgIpc) is 2.90. The van der Waals surface area contributed by atoms with Gasteiger partial charge >= 0.3 is 0 Å². The molecular formula is C41H48. The molecule has 0 radical (unpaired) electrons. The molecule has 3 atom stereocenters. The molecule has 2 aromatic rings. The highest BCUT2D eigenvalue weighted by molar-refractivity contribution is 5.88. The second-order valence-corrected chi connectivity index (χ2v) is 13.9. The molecule has 3 aliphatic carbocycles. The molecule has 212 valence electrons. The van der Waals surface area contributed by atoms with E-state index in [0.29, 0.717) is 0 Å². The molecule has 5 rings (SSSR count). The van der Waals surface area contributed by atoms with Crippen molar-refractivity contribution in [3.05, 3.63) is 122 Å². The minimum absolute atomic E-state index is 0.0360. The highest BCUT2D eigenvalue weighted by Crippen LogP contribution is 2.70. The molecule has 0 bridgehead atoms. The van der Waals surface area contributed by atoms with E-state index >= 15 is 0 Å². The third-order valence-electron chi connectivity index (χ3n) is 11.2. The van der Waals surface area contributed by atoms with Crippen LogP contribution in [0.4, 0.5) is 0 Å². The van der Waals surface area contributed by atoms with E-state index in [1.807, 2.05) is 0 Å². The Morgan fingerprint density at radius 1 is 0.927 bits per heavy atom. The van der Waals surface area contributed by atoms with E-state index < -0.39 is 0 Å². The largest absolute Gasteiger partial charge is 0.0955 e. The standard InChI is InChI=1S/C41H48/c1-13-31-15-17-32(18-16-31)19-20-34-21-33(14-2)35-23-39(10)24-40(11)22-26(5)36(25(3)4)29(8)41(40,12)30(9)38(39)28(7)37(35)27(34)6/h15-18,21H,3,7-8,13-14,22-24H2,1-2,4-6,9-12H3/t39-,40+,41-/m1/s1. The monoisotopic (exact) mass is 540 g/mol. The van der Waals surface area contributed by atoms with Gasteiger partial charge in [0.1, 0.15) is 0 Å². The van der Waals surface area contributed by atoms with Crippen LogP contribution in [0, 0.1) is 35.0 Å². The van der Waals surface area contributed by atoms with Crippen molar-refractivity contribution in [2.24, 2.45) is 16.2 Å². The van der Waals surface area contributed by atoms with Gasteiger partial charge in [0.2, 0.25) is 0 Å². The van der Waals surface area contributed by atoms with Gasteiger partial charge < -0.3 is 0 Å². The molecule has 3 aliphatic rings. The van der Waals surface area contributed by atoms with E-state index in [1.165, 1.54) is 61.3 Å². The summed E-state index contributed by atoms with van der Waals surface area (Å²) in [6.07, 6.45) is 5.30. The fourth-order valence-electron chi connectivity index (χ4n) is 9.08. The zero-order valence-corrected chi connectivity index (χ0v) is 27.0. The summed E-state index contributed by atoms with van der Waals surface area (Å²) in [5, 5.41) is 0. The number of hydrogen-bond acceptors (Lipinski definition) is 0. The Morgan fingerprint density at radius 3 is 2.17 bits per heavy atom. The summed E-state index contributed by atoms with van der Waals surface area (Å²) in [5.74, 6) is 7.01. The third kappa shape index (κ3) is 4.19. The molecule has 0 heterocycles. The van der Waals surface area contributed by atoms with Crippen LogP contribution in [-0.2, 0) is 19.3 Å². The van der Waals surface area contributed by atoms with Crippen LogP contribution in [0.2, 0.25) is 0 Å². The molecule has 0 amide bonds. The van der Waals surface area contributed by atoms with E-state index in [4.69, 9.17) is 13.2 Å². The Morgan fingerprint density at radius 2 is 1.59 bits per heavy atom. The molecule has 2 aromatic carbocycles. The Kier molecular flexibility index (Phi) is 7.06. The molecule has 41 heavy (non-hydrogen) atoms. The van der Waals surface area contributed by atoms with Crippen LogP contribution in [0.1, 0.15) is 107 Å². The average molecular weight is 541 g/mol. The van der Waals surface area contributed by atoms with Gasteiger partial charge in [-0.25, -0.2) is 0 Å². The normalized spacial score (nSPS) is 27.1. The van der Waals surface area contributed by atoms with Gasteiger partial charge in [0, 0.05) is 16.5 Å². The minimum Gasteiger partial charge on any atom is -0.0955 e. The van der Waals surface area contributed by atoms with E-state index in [1.54, 1.807) is 0 Å². The van der Waals surface area contributed by atoms with Crippen molar-refractivity contribution in [1.29, 1.82) is 0 Å². The Bertz CT molecular complexity index is 1640. The quantitative estimate of drug-likeness (QED) is 0.340. The summed E-state index contributed by atoms with van der Waals surface area (Å²) in [6.45, 7) is 35.0. The molecule has 0 saturated heterocycles. The van der Waals surface area contributed by atoms with Gasteiger partial charge in [0.05, 0.1) is 0 Å². The van der Waals surface area contributed by atoms with Crippen molar-refractivity contribution in [3.63, 3.8) is 0 Å². The molecule has 0 fully saturated rings. The Labute approximate surface area is 250 Å². The Balaban J connectivity index is 1.69. The van der Waals surface area contributed by atoms with Gasteiger partial charge in [0.15, 0.2) is 0 Å². The lowest BCUT2D eigenvalue weighted by molar-refractivity contribution is 0.0543. The molecule has 0 aromatic heterocycles. The molecule has 0 saturated carbocycles. The van der Waals surface area contributed by atoms with Crippen LogP contribution in [0.3, 0.4) is 0 Å². The number of allylic oxidation sites excluding steroid dienone is 7. The van der Waals surface area contributed by atoms with Crippen LogP contribution in [0.25, 0.3) is 5.57 Å². The molecule has 0 aliphatic heterocycles. The van der Waals surface area contributed by atoms with Crippen LogP contribution in [0.15, 0.2) is 83.5 Å². The first kappa shape index (κ1) is 29.2. The number of hydrogen-bond donors (Lipinski definition) is 0. The smallest absolute Gasteiger partial charge is 0.0287 e. The minimum atomic E-state index is -0.139. The molecule has 0 spiro atoms. The lowest BCUT2D eigenvalue weighted by Crippen LogP contribution is -2.52. The highest BCUT2D eigenvalue weighted by Gasteiger charge is 2.59. The van der Waals surface area contributed by atoms with Crippen molar-refractivity contribution >= 4 is 5.57 Å². The van der Waals surface area contributed by atoms with Gasteiger partial charge in [0.25, 0.3) is 0 Å². The van der Waals surface area contributed by atoms with Crippen LogP contribution < -0.4 is 0 Å². The van der Waals surface area contributed by atoms with Crippen molar-refractivity contribution < 1.29 is 0 Å². The molecule has 0 nitrogen and oxygen atoms in total. The maximum atomic E-state index is 4.87. The number of rotatable bonds is 3. The van der Waals surface area contributed by atoms with Crippen molar-refractivity contribution in [2.45, 2.75) is 94.4 Å². The third-order valence-corrected chi connectivity index (χ3v) is 11.2. The van der Waals surface area contributed by atoms with Gasteiger partial charge in [-0.2, -0.15) is 0 Å². The summed E-state index contributed by atoms with van der Waals surface area (Å²) < 4.78 is 0. The first-order chi connectivity index (χ1) is 19.2. The molecule has 0 N–H and O–H groups in total. The van der Waals surface area contributed by atoms with Crippen LogP contribution in [0.5, 0.6) is 0 Å². The van der Waals surface area contributed by atoms with Gasteiger partial charge in [-0.1, -0.05) is 95.0 Å². The molecular weight excluding hydrogens is 492 g/mol. The van der Waals surface area contributed by atoms with Crippen molar-refractivity contribution in [3.8, 4) is 11.8 Å². The number of fused-ring (bicyclic) bond motifs is 3. The van der Waals surface area contributed by atoms with Crippen molar-refractivity contribution in [1.82, 2.24) is 0 Å². The fraction of sp³-hybridized carbons (Fsp3) is 0.415.